The predicted molar refractivity (Wildman–Crippen MR) is 259 cm³/mol. The fourth-order valence-corrected chi connectivity index (χ4v) is 10.5. The van der Waals surface area contributed by atoms with Crippen LogP contribution in [0.25, 0.3) is 10.9 Å². The van der Waals surface area contributed by atoms with Gasteiger partial charge in [0.15, 0.2) is 0 Å². The first kappa shape index (κ1) is 53.8. The number of likely N-dealkylation sites (tertiary alicyclic amines) is 2. The van der Waals surface area contributed by atoms with E-state index in [1.165, 1.54) is 12.4 Å². The molecular weight excluding hydrogens is 940 g/mol. The molecule has 4 aliphatic rings. The number of nitrogens with zero attached hydrogens (tertiary/aromatic N) is 6. The number of hydrogen-bond donors (Lipinski definition) is 5. The van der Waals surface area contributed by atoms with E-state index in [0.29, 0.717) is 57.0 Å². The number of fused-ring (bicyclic) bond motifs is 1. The van der Waals surface area contributed by atoms with Crippen molar-refractivity contribution in [2.45, 2.75) is 127 Å². The van der Waals surface area contributed by atoms with Gasteiger partial charge in [-0.1, -0.05) is 6.07 Å². The number of ether oxygens (including phenoxy) is 2. The summed E-state index contributed by atoms with van der Waals surface area (Å²) in [4.78, 5) is 96.5. The average Bonchev–Trinajstić information content (AvgIpc) is 3.88. The molecule has 0 radical (unpaired) electrons. The van der Waals surface area contributed by atoms with Crippen LogP contribution in [0.2, 0.25) is 0 Å². The summed E-state index contributed by atoms with van der Waals surface area (Å²) >= 11 is 0. The number of anilines is 1. The number of rotatable bonds is 21. The number of halogens is 3. The first-order chi connectivity index (χ1) is 34.5. The van der Waals surface area contributed by atoms with E-state index < -0.39 is 29.7 Å². The highest BCUT2D eigenvalue weighted by molar-refractivity contribution is 5.93. The van der Waals surface area contributed by atoms with Crippen LogP contribution in [0.15, 0.2) is 49.1 Å². The van der Waals surface area contributed by atoms with Crippen LogP contribution < -0.4 is 26.6 Å². The van der Waals surface area contributed by atoms with Gasteiger partial charge in [-0.25, -0.2) is 9.97 Å². The number of carbonyl (C=O) groups excluding carboxylic acids is 6. The van der Waals surface area contributed by atoms with Gasteiger partial charge in [-0.15, -0.1) is 0 Å². The molecule has 0 bridgehead atoms. The van der Waals surface area contributed by atoms with Crippen molar-refractivity contribution in [3.8, 4) is 0 Å². The molecule has 19 nitrogen and oxygen atoms in total. The molecule has 392 valence electrons. The van der Waals surface area contributed by atoms with Crippen molar-refractivity contribution in [1.29, 1.82) is 0 Å². The van der Waals surface area contributed by atoms with E-state index in [0.717, 1.165) is 24.1 Å². The van der Waals surface area contributed by atoms with Gasteiger partial charge in [0.1, 0.15) is 24.8 Å². The Morgan fingerprint density at radius 3 is 2.39 bits per heavy atom. The molecule has 1 aromatic carbocycles. The highest BCUT2D eigenvalue weighted by Crippen LogP contribution is 2.38. The molecule has 2 saturated heterocycles. The third kappa shape index (κ3) is 13.7. The minimum absolute atomic E-state index is 0.0828. The molecule has 4 fully saturated rings. The largest absolute Gasteiger partial charge is 0.416 e. The Morgan fingerprint density at radius 2 is 1.65 bits per heavy atom. The summed E-state index contributed by atoms with van der Waals surface area (Å²) in [5, 5.41) is 15.2. The van der Waals surface area contributed by atoms with Crippen LogP contribution in [-0.2, 0) is 44.4 Å². The number of carbonyl (C=O) groups is 6. The van der Waals surface area contributed by atoms with E-state index in [1.54, 1.807) is 30.4 Å². The molecule has 7 rings (SSSR count). The lowest BCUT2D eigenvalue weighted by Crippen LogP contribution is -2.59. The topological polar surface area (TPSA) is 229 Å². The molecule has 6 amide bonds. The SMILES string of the molecule is CC(C)N(C)[C@@H]1CC[C@H](N2CC[C@H](Nc3ncnc4ccc(C(F)(F)F)cc34)C2=O)[C@H](NC(=O)[C@H]2CC[C@@H](NC(=O)COCCNC(=O)CCOCCNC(=O)[C@H]3CC(=O)N(C)[C@@H]3c3cccnc3)CC2)C1. The van der Waals surface area contributed by atoms with E-state index in [1.807, 2.05) is 11.0 Å². The zero-order valence-corrected chi connectivity index (χ0v) is 41.4. The zero-order valence-electron chi connectivity index (χ0n) is 41.4. The molecule has 2 saturated carbocycles. The van der Waals surface area contributed by atoms with Gasteiger partial charge in [-0.2, -0.15) is 13.2 Å². The standard InChI is InChI=1S/C50H68F3N11O8/c1-30(2)62(3)35-12-14-41(64-20-15-39(49(64)70)60-46-36-24-33(50(51,52)53)9-13-38(36)57-29-58-46)40(25-35)61-47(68)31-7-10-34(11-8-31)59-43(66)28-72-23-18-55-42(65)16-21-71-22-19-56-48(69)37-26-44(67)63(4)45(37)32-6-5-17-54-27-32/h5-6,9,13,17,24,27,29-31,34-35,37,39-41,45H,7-8,10-12,14-16,18-23,25-26,28H2,1-4H3,(H,55,65)(H,56,69)(H,59,66)(H,61,68)(H,57,58,60)/t31-,34+,35-,37+,39+,40-,41+,45-/m1/s1. The van der Waals surface area contributed by atoms with Gasteiger partial charge in [0.25, 0.3) is 0 Å². The normalized spacial score (nSPS) is 24.7. The fourth-order valence-electron chi connectivity index (χ4n) is 10.5. The molecular formula is C50H68F3N11O8. The van der Waals surface area contributed by atoms with Gasteiger partial charge >= 0.3 is 6.18 Å². The summed E-state index contributed by atoms with van der Waals surface area (Å²) in [7, 11) is 3.75. The van der Waals surface area contributed by atoms with Gasteiger partial charge < -0.3 is 50.8 Å². The number of pyridine rings is 1. The van der Waals surface area contributed by atoms with Crippen molar-refractivity contribution in [2.75, 3.05) is 65.5 Å². The average molecular weight is 1010 g/mol. The second-order valence-corrected chi connectivity index (χ2v) is 19.6. The fraction of sp³-hybridized carbons (Fsp3) is 0.620. The van der Waals surface area contributed by atoms with Crippen LogP contribution >= 0.6 is 0 Å². The highest BCUT2D eigenvalue weighted by atomic mass is 19.4. The van der Waals surface area contributed by atoms with E-state index >= 15 is 0 Å². The first-order valence-electron chi connectivity index (χ1n) is 25.0. The second-order valence-electron chi connectivity index (χ2n) is 19.6. The minimum Gasteiger partial charge on any atom is -0.379 e. The van der Waals surface area contributed by atoms with Crippen molar-refractivity contribution in [3.63, 3.8) is 0 Å². The Bertz CT molecular complexity index is 2370. The monoisotopic (exact) mass is 1010 g/mol. The molecule has 2 aliphatic heterocycles. The Balaban J connectivity index is 0.784. The summed E-state index contributed by atoms with van der Waals surface area (Å²) < 4.78 is 51.8. The molecule has 5 N–H and O–H groups in total. The molecule has 0 spiro atoms. The number of alkyl halides is 3. The molecule has 2 aromatic heterocycles. The second kappa shape index (κ2) is 24.6. The highest BCUT2D eigenvalue weighted by Gasteiger charge is 2.45. The third-order valence-corrected chi connectivity index (χ3v) is 14.7. The molecule has 6 atom stereocenters. The lowest BCUT2D eigenvalue weighted by Gasteiger charge is -2.45. The van der Waals surface area contributed by atoms with Gasteiger partial charge in [-0.05, 0) is 102 Å². The quantitative estimate of drug-likeness (QED) is 0.0967. The van der Waals surface area contributed by atoms with Crippen LogP contribution in [0, 0.1) is 11.8 Å². The van der Waals surface area contributed by atoms with E-state index in [-0.39, 0.29) is 135 Å². The third-order valence-electron chi connectivity index (χ3n) is 14.7. The summed E-state index contributed by atoms with van der Waals surface area (Å²) in [5.74, 6) is -1.85. The van der Waals surface area contributed by atoms with Crippen molar-refractivity contribution in [2.24, 2.45) is 11.8 Å². The van der Waals surface area contributed by atoms with Crippen LogP contribution in [0.5, 0.6) is 0 Å². The van der Waals surface area contributed by atoms with Crippen molar-refractivity contribution < 1.29 is 51.4 Å². The minimum atomic E-state index is -4.56. The van der Waals surface area contributed by atoms with Crippen LogP contribution in [0.4, 0.5) is 19.0 Å². The summed E-state index contributed by atoms with van der Waals surface area (Å²) in [5.41, 5.74) is 0.279. The van der Waals surface area contributed by atoms with Crippen molar-refractivity contribution in [1.82, 2.24) is 50.9 Å². The Hall–Kier alpha value is -6.00. The van der Waals surface area contributed by atoms with E-state index in [2.05, 4.69) is 67.3 Å². The van der Waals surface area contributed by atoms with Crippen molar-refractivity contribution >= 4 is 52.2 Å². The Morgan fingerprint density at radius 1 is 0.889 bits per heavy atom. The Labute approximate surface area is 417 Å². The molecule has 22 heteroatoms. The maximum absolute atomic E-state index is 14.1. The summed E-state index contributed by atoms with van der Waals surface area (Å²) in [6.45, 7) is 5.35. The molecule has 2 aliphatic carbocycles. The van der Waals surface area contributed by atoms with Crippen molar-refractivity contribution in [3.05, 3.63) is 60.2 Å². The Kier molecular flexibility index (Phi) is 18.4. The van der Waals surface area contributed by atoms with Crippen LogP contribution in [0.1, 0.15) is 95.2 Å². The lowest BCUT2D eigenvalue weighted by atomic mass is 9.82. The maximum atomic E-state index is 14.1. The molecule has 72 heavy (non-hydrogen) atoms. The number of amides is 6. The van der Waals surface area contributed by atoms with Gasteiger partial charge in [-0.3, -0.25) is 33.8 Å². The number of nitrogens with one attached hydrogen (secondary N) is 5. The van der Waals surface area contributed by atoms with Crippen LogP contribution in [-0.4, -0.2) is 162 Å². The molecule has 0 unspecified atom stereocenters. The summed E-state index contributed by atoms with van der Waals surface area (Å²) in [6, 6.07) is 5.50. The number of aromatic nitrogens is 3. The smallest absolute Gasteiger partial charge is 0.379 e. The lowest BCUT2D eigenvalue weighted by molar-refractivity contribution is -0.137. The molecule has 4 heterocycles. The van der Waals surface area contributed by atoms with E-state index in [9.17, 15) is 41.9 Å². The number of hydrogen-bond acceptors (Lipinski definition) is 13. The van der Waals surface area contributed by atoms with E-state index in [4.69, 9.17) is 9.47 Å². The van der Waals surface area contributed by atoms with Gasteiger partial charge in [0, 0.05) is 81.3 Å². The maximum Gasteiger partial charge on any atom is 0.416 e. The summed E-state index contributed by atoms with van der Waals surface area (Å²) in [6.07, 6.45) is 5.10. The van der Waals surface area contributed by atoms with Gasteiger partial charge in [0.05, 0.1) is 54.9 Å². The first-order valence-corrected chi connectivity index (χ1v) is 25.0. The molecule has 3 aromatic rings. The zero-order chi connectivity index (χ0) is 51.5. The van der Waals surface area contributed by atoms with Crippen LogP contribution in [0.3, 0.4) is 0 Å². The van der Waals surface area contributed by atoms with Gasteiger partial charge in [0.2, 0.25) is 35.4 Å². The number of benzene rings is 1. The predicted octanol–water partition coefficient (Wildman–Crippen LogP) is 3.35.